The first-order valence-corrected chi connectivity index (χ1v) is 8.13. The number of nitrogens with one attached hydrogen (secondary N) is 3. The Balaban J connectivity index is 1.90. The van der Waals surface area contributed by atoms with E-state index in [1.807, 2.05) is 0 Å². The molecular weight excluding hydrogens is 375 g/mol. The van der Waals surface area contributed by atoms with Crippen LogP contribution < -0.4 is 20.7 Å². The molecule has 0 fully saturated rings. The summed E-state index contributed by atoms with van der Waals surface area (Å²) >= 11 is 0. The lowest BCUT2D eigenvalue weighted by molar-refractivity contribution is -0.153. The molecule has 0 aliphatic heterocycles. The van der Waals surface area contributed by atoms with Crippen molar-refractivity contribution in [2.75, 3.05) is 23.8 Å². The average molecular weight is 393 g/mol. The summed E-state index contributed by atoms with van der Waals surface area (Å²) in [6.07, 6.45) is -2.88. The Kier molecular flexibility index (Phi) is 7.02. The number of carbonyl (C=O) groups is 2. The highest BCUT2D eigenvalue weighted by Crippen LogP contribution is 2.20. The molecule has 3 amide bonds. The summed E-state index contributed by atoms with van der Waals surface area (Å²) in [5.74, 6) is -0.425. The third-order valence-electron chi connectivity index (χ3n) is 3.33. The van der Waals surface area contributed by atoms with Crippen molar-refractivity contribution < 1.29 is 27.5 Å². The minimum atomic E-state index is -4.43. The second kappa shape index (κ2) is 9.45. The lowest BCUT2D eigenvalue weighted by atomic mass is 10.2. The zero-order chi connectivity index (χ0) is 20.6. The molecule has 148 valence electrons. The molecule has 0 radical (unpaired) electrons. The molecule has 0 atom stereocenters. The Morgan fingerprint density at radius 1 is 0.964 bits per heavy atom. The lowest BCUT2D eigenvalue weighted by Crippen LogP contribution is -2.28. The maximum atomic E-state index is 12.2. The predicted octanol–water partition coefficient (Wildman–Crippen LogP) is 4.19. The SMILES string of the molecule is C=CCNC(=O)Nc1ccc(NC(=O)c2ccc(OCC(F)(F)F)cc2)cc1. The van der Waals surface area contributed by atoms with Crippen LogP contribution in [0.1, 0.15) is 10.4 Å². The predicted molar refractivity (Wildman–Crippen MR) is 99.6 cm³/mol. The molecular formula is C19H18F3N3O3. The zero-order valence-corrected chi connectivity index (χ0v) is 14.7. The van der Waals surface area contributed by atoms with E-state index < -0.39 is 18.7 Å². The zero-order valence-electron chi connectivity index (χ0n) is 14.7. The van der Waals surface area contributed by atoms with Crippen molar-refractivity contribution in [2.45, 2.75) is 6.18 Å². The van der Waals surface area contributed by atoms with Crippen LogP contribution in [0.25, 0.3) is 0 Å². The Morgan fingerprint density at radius 3 is 2.07 bits per heavy atom. The van der Waals surface area contributed by atoms with E-state index in [0.717, 1.165) is 0 Å². The van der Waals surface area contributed by atoms with Gasteiger partial charge in [-0.15, -0.1) is 6.58 Å². The van der Waals surface area contributed by atoms with Crippen LogP contribution in [0, 0.1) is 0 Å². The molecule has 0 aliphatic carbocycles. The second-order valence-electron chi connectivity index (χ2n) is 5.58. The minimum Gasteiger partial charge on any atom is -0.484 e. The fourth-order valence-electron chi connectivity index (χ4n) is 2.05. The fraction of sp³-hybridized carbons (Fsp3) is 0.158. The first-order chi connectivity index (χ1) is 13.3. The summed E-state index contributed by atoms with van der Waals surface area (Å²) in [6.45, 7) is 2.43. The number of carbonyl (C=O) groups excluding carboxylic acids is 2. The molecule has 0 aliphatic rings. The minimum absolute atomic E-state index is 0.0130. The van der Waals surface area contributed by atoms with Crippen LogP contribution in [0.3, 0.4) is 0 Å². The van der Waals surface area contributed by atoms with Gasteiger partial charge in [0.25, 0.3) is 5.91 Å². The van der Waals surface area contributed by atoms with Crippen molar-refractivity contribution in [1.82, 2.24) is 5.32 Å². The fourth-order valence-corrected chi connectivity index (χ4v) is 2.05. The van der Waals surface area contributed by atoms with Gasteiger partial charge in [-0.05, 0) is 48.5 Å². The molecule has 0 saturated carbocycles. The molecule has 2 aromatic carbocycles. The molecule has 2 rings (SSSR count). The number of halogens is 3. The number of amides is 3. The molecule has 0 aromatic heterocycles. The molecule has 2 aromatic rings. The largest absolute Gasteiger partial charge is 0.484 e. The van der Waals surface area contributed by atoms with E-state index in [-0.39, 0.29) is 17.3 Å². The molecule has 0 unspecified atom stereocenters. The van der Waals surface area contributed by atoms with Crippen molar-refractivity contribution in [3.05, 3.63) is 66.7 Å². The van der Waals surface area contributed by atoms with Crippen LogP contribution in [0.2, 0.25) is 0 Å². The van der Waals surface area contributed by atoms with E-state index in [9.17, 15) is 22.8 Å². The summed E-state index contributed by atoms with van der Waals surface area (Å²) in [6, 6.07) is 11.3. The topological polar surface area (TPSA) is 79.5 Å². The van der Waals surface area contributed by atoms with E-state index in [1.165, 1.54) is 24.3 Å². The van der Waals surface area contributed by atoms with Gasteiger partial charge in [-0.25, -0.2) is 4.79 Å². The molecule has 3 N–H and O–H groups in total. The number of alkyl halides is 3. The average Bonchev–Trinajstić information content (AvgIpc) is 2.66. The van der Waals surface area contributed by atoms with Gasteiger partial charge in [-0.2, -0.15) is 13.2 Å². The van der Waals surface area contributed by atoms with Crippen LogP contribution >= 0.6 is 0 Å². The van der Waals surface area contributed by atoms with Crippen molar-refractivity contribution >= 4 is 23.3 Å². The van der Waals surface area contributed by atoms with Gasteiger partial charge in [0.2, 0.25) is 0 Å². The highest BCUT2D eigenvalue weighted by molar-refractivity contribution is 6.04. The first kappa shape index (κ1) is 20.8. The molecule has 0 heterocycles. The Labute approximate surface area is 159 Å². The van der Waals surface area contributed by atoms with Crippen LogP contribution in [-0.2, 0) is 0 Å². The Hall–Kier alpha value is -3.49. The number of hydrogen-bond acceptors (Lipinski definition) is 3. The quantitative estimate of drug-likeness (QED) is 0.617. The monoisotopic (exact) mass is 393 g/mol. The number of urea groups is 1. The number of rotatable bonds is 7. The van der Waals surface area contributed by atoms with Gasteiger partial charge in [0.05, 0.1) is 0 Å². The van der Waals surface area contributed by atoms with Crippen LogP contribution in [0.5, 0.6) is 5.75 Å². The van der Waals surface area contributed by atoms with E-state index in [4.69, 9.17) is 0 Å². The molecule has 9 heteroatoms. The summed E-state index contributed by atoms with van der Waals surface area (Å²) in [7, 11) is 0. The summed E-state index contributed by atoms with van der Waals surface area (Å²) < 4.78 is 41.0. The van der Waals surface area contributed by atoms with Gasteiger partial charge >= 0.3 is 12.2 Å². The summed E-state index contributed by atoms with van der Waals surface area (Å²) in [5, 5.41) is 7.82. The highest BCUT2D eigenvalue weighted by Gasteiger charge is 2.28. The molecule has 0 saturated heterocycles. The molecule has 28 heavy (non-hydrogen) atoms. The van der Waals surface area contributed by atoms with E-state index >= 15 is 0 Å². The van der Waals surface area contributed by atoms with Gasteiger partial charge in [0.15, 0.2) is 6.61 Å². The number of benzene rings is 2. The Morgan fingerprint density at radius 2 is 1.54 bits per heavy atom. The van der Waals surface area contributed by atoms with Gasteiger partial charge in [0.1, 0.15) is 5.75 Å². The van der Waals surface area contributed by atoms with Crippen LogP contribution in [-0.4, -0.2) is 31.3 Å². The highest BCUT2D eigenvalue weighted by atomic mass is 19.4. The molecule has 0 spiro atoms. The van der Waals surface area contributed by atoms with Crippen molar-refractivity contribution in [1.29, 1.82) is 0 Å². The maximum absolute atomic E-state index is 12.2. The summed E-state index contributed by atoms with van der Waals surface area (Å²) in [5.41, 5.74) is 1.27. The molecule has 6 nitrogen and oxygen atoms in total. The van der Waals surface area contributed by atoms with Crippen LogP contribution in [0.4, 0.5) is 29.3 Å². The lowest BCUT2D eigenvalue weighted by Gasteiger charge is -2.10. The van der Waals surface area contributed by atoms with Gasteiger partial charge in [-0.1, -0.05) is 6.08 Å². The first-order valence-electron chi connectivity index (χ1n) is 8.13. The van der Waals surface area contributed by atoms with Crippen molar-refractivity contribution in [2.24, 2.45) is 0 Å². The maximum Gasteiger partial charge on any atom is 0.422 e. The van der Waals surface area contributed by atoms with E-state index in [1.54, 1.807) is 30.3 Å². The van der Waals surface area contributed by atoms with Crippen LogP contribution in [0.15, 0.2) is 61.2 Å². The Bertz CT molecular complexity index is 819. The van der Waals surface area contributed by atoms with Gasteiger partial charge in [-0.3, -0.25) is 4.79 Å². The van der Waals surface area contributed by atoms with Gasteiger partial charge in [0, 0.05) is 23.5 Å². The molecule has 0 bridgehead atoms. The van der Waals surface area contributed by atoms with Gasteiger partial charge < -0.3 is 20.7 Å². The normalized spacial score (nSPS) is 10.7. The van der Waals surface area contributed by atoms with E-state index in [0.29, 0.717) is 17.9 Å². The smallest absolute Gasteiger partial charge is 0.422 e. The standard InChI is InChI=1S/C19H18F3N3O3/c1-2-11-23-18(27)25-15-7-5-14(6-8-15)24-17(26)13-3-9-16(10-4-13)28-12-19(20,21)22/h2-10H,1,11-12H2,(H,24,26)(H2,23,25,27). The van der Waals surface area contributed by atoms with Crippen molar-refractivity contribution in [3.63, 3.8) is 0 Å². The third kappa shape index (κ3) is 7.02. The summed E-state index contributed by atoms with van der Waals surface area (Å²) in [4.78, 5) is 23.7. The van der Waals surface area contributed by atoms with Crippen molar-refractivity contribution in [3.8, 4) is 5.75 Å². The van der Waals surface area contributed by atoms with E-state index in [2.05, 4.69) is 27.3 Å². The second-order valence-corrected chi connectivity index (χ2v) is 5.58. The number of ether oxygens (including phenoxy) is 1. The number of hydrogen-bond donors (Lipinski definition) is 3. The number of anilines is 2. The third-order valence-corrected chi connectivity index (χ3v) is 3.33.